The third-order valence-corrected chi connectivity index (χ3v) is 6.97. The quantitative estimate of drug-likeness (QED) is 0.542. The summed E-state index contributed by atoms with van der Waals surface area (Å²) in [5.74, 6) is 0.0732. The van der Waals surface area contributed by atoms with Crippen LogP contribution in [0.5, 0.6) is 5.75 Å². The van der Waals surface area contributed by atoms with Crippen LogP contribution in [0.3, 0.4) is 0 Å². The molecule has 2 N–H and O–H groups in total. The molecular formula is C21H22N2O4S2. The normalized spacial score (nSPS) is 12.3. The van der Waals surface area contributed by atoms with Gasteiger partial charge in [0.25, 0.3) is 10.0 Å². The highest BCUT2D eigenvalue weighted by atomic mass is 32.2. The Morgan fingerprint density at radius 1 is 1.03 bits per heavy atom. The molecule has 6 nitrogen and oxygen atoms in total. The fraction of sp³-hybridized carbons (Fsp3) is 0.190. The molecule has 29 heavy (non-hydrogen) atoms. The monoisotopic (exact) mass is 430 g/mol. The van der Waals surface area contributed by atoms with Gasteiger partial charge in [-0.25, -0.2) is 8.42 Å². The van der Waals surface area contributed by atoms with Crippen LogP contribution in [-0.2, 0) is 21.2 Å². The molecule has 0 fully saturated rings. The molecule has 0 radical (unpaired) electrons. The van der Waals surface area contributed by atoms with Crippen LogP contribution in [-0.4, -0.2) is 27.0 Å². The summed E-state index contributed by atoms with van der Waals surface area (Å²) in [4.78, 5) is 13.0. The van der Waals surface area contributed by atoms with Gasteiger partial charge in [-0.2, -0.15) is 4.72 Å². The molecule has 0 saturated carbocycles. The number of anilines is 1. The molecule has 0 aliphatic rings. The average molecular weight is 431 g/mol. The molecule has 152 valence electrons. The Morgan fingerprint density at radius 3 is 2.45 bits per heavy atom. The Hall–Kier alpha value is -2.68. The maximum Gasteiger partial charge on any atom is 0.250 e. The molecule has 3 rings (SSSR count). The van der Waals surface area contributed by atoms with E-state index >= 15 is 0 Å². The first kappa shape index (κ1) is 21.0. The second kappa shape index (κ2) is 9.69. The van der Waals surface area contributed by atoms with Gasteiger partial charge in [0.15, 0.2) is 0 Å². The van der Waals surface area contributed by atoms with Gasteiger partial charge in [-0.1, -0.05) is 48.5 Å². The predicted molar refractivity (Wildman–Crippen MR) is 115 cm³/mol. The fourth-order valence-corrected chi connectivity index (χ4v) is 4.98. The molecule has 0 spiro atoms. The van der Waals surface area contributed by atoms with Crippen LogP contribution < -0.4 is 14.8 Å². The van der Waals surface area contributed by atoms with E-state index < -0.39 is 22.0 Å². The van der Waals surface area contributed by atoms with Crippen molar-refractivity contribution in [2.45, 2.75) is 23.6 Å². The SMILES string of the molecule is CCOc1ccccc1NC(=O)[C@H](Cc1ccccc1)NS(=O)(=O)c1cccs1. The van der Waals surface area contributed by atoms with E-state index in [9.17, 15) is 13.2 Å². The lowest BCUT2D eigenvalue weighted by atomic mass is 10.1. The van der Waals surface area contributed by atoms with Gasteiger partial charge in [0.05, 0.1) is 12.3 Å². The summed E-state index contributed by atoms with van der Waals surface area (Å²) in [6, 6.07) is 18.5. The smallest absolute Gasteiger partial charge is 0.250 e. The summed E-state index contributed by atoms with van der Waals surface area (Å²) >= 11 is 1.10. The summed E-state index contributed by atoms with van der Waals surface area (Å²) in [6.07, 6.45) is 0.216. The zero-order valence-electron chi connectivity index (χ0n) is 15.9. The topological polar surface area (TPSA) is 84.5 Å². The lowest BCUT2D eigenvalue weighted by molar-refractivity contribution is -0.117. The Bertz CT molecular complexity index is 1040. The van der Waals surface area contributed by atoms with Crippen LogP contribution in [0, 0.1) is 0 Å². The van der Waals surface area contributed by atoms with Crippen molar-refractivity contribution in [2.75, 3.05) is 11.9 Å². The van der Waals surface area contributed by atoms with Crippen LogP contribution in [0.1, 0.15) is 12.5 Å². The van der Waals surface area contributed by atoms with Crippen molar-refractivity contribution in [3.63, 3.8) is 0 Å². The number of carbonyl (C=O) groups is 1. The number of hydrogen-bond acceptors (Lipinski definition) is 5. The van der Waals surface area contributed by atoms with Crippen LogP contribution in [0.15, 0.2) is 76.3 Å². The van der Waals surface area contributed by atoms with E-state index in [4.69, 9.17) is 4.74 Å². The molecule has 0 bridgehead atoms. The van der Waals surface area contributed by atoms with E-state index in [1.54, 1.807) is 29.6 Å². The van der Waals surface area contributed by atoms with E-state index in [2.05, 4.69) is 10.0 Å². The van der Waals surface area contributed by atoms with Crippen LogP contribution in [0.25, 0.3) is 0 Å². The van der Waals surface area contributed by atoms with Crippen molar-refractivity contribution in [3.8, 4) is 5.75 Å². The first-order chi connectivity index (χ1) is 14.0. The molecule has 1 atom stereocenters. The average Bonchev–Trinajstić information content (AvgIpc) is 3.26. The number of ether oxygens (including phenoxy) is 1. The highest BCUT2D eigenvalue weighted by Crippen LogP contribution is 2.24. The minimum atomic E-state index is -3.82. The van der Waals surface area contributed by atoms with E-state index in [-0.39, 0.29) is 10.6 Å². The van der Waals surface area contributed by atoms with Gasteiger partial charge in [0, 0.05) is 0 Å². The lowest BCUT2D eigenvalue weighted by Crippen LogP contribution is -2.45. The van der Waals surface area contributed by atoms with Gasteiger partial charge in [0.2, 0.25) is 5.91 Å². The summed E-state index contributed by atoms with van der Waals surface area (Å²) in [5.41, 5.74) is 1.34. The first-order valence-electron chi connectivity index (χ1n) is 9.12. The van der Waals surface area contributed by atoms with Crippen molar-refractivity contribution in [1.82, 2.24) is 4.72 Å². The number of sulfonamides is 1. The number of amides is 1. The maximum atomic E-state index is 13.0. The second-order valence-electron chi connectivity index (χ2n) is 6.21. The highest BCUT2D eigenvalue weighted by Gasteiger charge is 2.27. The Labute approximate surface area is 174 Å². The van der Waals surface area contributed by atoms with E-state index in [1.807, 2.05) is 43.3 Å². The second-order valence-corrected chi connectivity index (χ2v) is 9.10. The van der Waals surface area contributed by atoms with Gasteiger partial charge in [0.1, 0.15) is 16.0 Å². The molecule has 0 saturated heterocycles. The van der Waals surface area contributed by atoms with Crippen LogP contribution >= 0.6 is 11.3 Å². The standard InChI is InChI=1S/C21H22N2O4S2/c1-2-27-19-12-7-6-11-17(19)22-21(24)18(15-16-9-4-3-5-10-16)23-29(25,26)20-13-8-14-28-20/h3-14,18,23H,2,15H2,1H3,(H,22,24)/t18-/m0/s1. The first-order valence-corrected chi connectivity index (χ1v) is 11.5. The fourth-order valence-electron chi connectivity index (χ4n) is 2.77. The zero-order chi connectivity index (χ0) is 20.7. The molecule has 3 aromatic rings. The van der Waals surface area contributed by atoms with Crippen LogP contribution in [0.2, 0.25) is 0 Å². The van der Waals surface area contributed by atoms with Crippen molar-refractivity contribution >= 4 is 33.0 Å². The summed E-state index contributed by atoms with van der Waals surface area (Å²) < 4.78 is 33.7. The Balaban J connectivity index is 1.85. The van der Waals surface area contributed by atoms with Crippen molar-refractivity contribution in [2.24, 2.45) is 0 Å². The summed E-state index contributed by atoms with van der Waals surface area (Å²) in [6.45, 7) is 2.30. The van der Waals surface area contributed by atoms with E-state index in [1.165, 1.54) is 6.07 Å². The largest absolute Gasteiger partial charge is 0.492 e. The summed E-state index contributed by atoms with van der Waals surface area (Å²) in [7, 11) is -3.82. The van der Waals surface area contributed by atoms with Gasteiger partial charge in [-0.15, -0.1) is 11.3 Å². The van der Waals surface area contributed by atoms with Crippen LogP contribution in [0.4, 0.5) is 5.69 Å². The van der Waals surface area contributed by atoms with Crippen molar-refractivity contribution < 1.29 is 17.9 Å². The Morgan fingerprint density at radius 2 is 1.76 bits per heavy atom. The molecule has 1 heterocycles. The number of benzene rings is 2. The molecule has 0 aliphatic heterocycles. The molecule has 8 heteroatoms. The number of nitrogens with one attached hydrogen (secondary N) is 2. The van der Waals surface area contributed by atoms with E-state index in [0.29, 0.717) is 18.0 Å². The minimum Gasteiger partial charge on any atom is -0.492 e. The molecular weight excluding hydrogens is 408 g/mol. The minimum absolute atomic E-state index is 0.165. The lowest BCUT2D eigenvalue weighted by Gasteiger charge is -2.19. The van der Waals surface area contributed by atoms with Crippen molar-refractivity contribution in [1.29, 1.82) is 0 Å². The molecule has 1 aromatic heterocycles. The molecule has 0 aliphatic carbocycles. The number of hydrogen-bond donors (Lipinski definition) is 2. The van der Waals surface area contributed by atoms with Crippen molar-refractivity contribution in [3.05, 3.63) is 77.7 Å². The maximum absolute atomic E-state index is 13.0. The number of para-hydroxylation sites is 2. The molecule has 0 unspecified atom stereocenters. The number of thiophene rings is 1. The number of carbonyl (C=O) groups excluding carboxylic acids is 1. The predicted octanol–water partition coefficient (Wildman–Crippen LogP) is 3.68. The Kier molecular flexibility index (Phi) is 7.03. The highest BCUT2D eigenvalue weighted by molar-refractivity contribution is 7.91. The third-order valence-electron chi connectivity index (χ3n) is 4.10. The molecule has 1 amide bonds. The van der Waals surface area contributed by atoms with Gasteiger partial charge in [-0.05, 0) is 42.5 Å². The molecule has 2 aromatic carbocycles. The third kappa shape index (κ3) is 5.66. The number of rotatable bonds is 9. The summed E-state index contributed by atoms with van der Waals surface area (Å²) in [5, 5.41) is 4.48. The van der Waals surface area contributed by atoms with Gasteiger partial charge < -0.3 is 10.1 Å². The zero-order valence-corrected chi connectivity index (χ0v) is 17.5. The van der Waals surface area contributed by atoms with Gasteiger partial charge in [-0.3, -0.25) is 4.79 Å². The van der Waals surface area contributed by atoms with E-state index in [0.717, 1.165) is 16.9 Å². The van der Waals surface area contributed by atoms with Gasteiger partial charge >= 0.3 is 0 Å².